The van der Waals surface area contributed by atoms with Crippen LogP contribution < -0.4 is 10.6 Å². The predicted molar refractivity (Wildman–Crippen MR) is 117 cm³/mol. The highest BCUT2D eigenvalue weighted by Gasteiger charge is 2.26. The summed E-state index contributed by atoms with van der Waals surface area (Å²) in [4.78, 5) is 29.3. The Labute approximate surface area is 174 Å². The van der Waals surface area contributed by atoms with E-state index in [4.69, 9.17) is 0 Å². The number of para-hydroxylation sites is 1. The van der Waals surface area contributed by atoms with E-state index >= 15 is 0 Å². The molecule has 1 atom stereocenters. The van der Waals surface area contributed by atoms with Crippen LogP contribution >= 0.6 is 11.3 Å². The molecule has 1 aliphatic rings. The fourth-order valence-electron chi connectivity index (χ4n) is 3.60. The SMILES string of the molecule is Cc1ccc(C)c(-c2csc(NC(=O)CCC3Cc4ccccc4NC3=O)n2)c1. The fraction of sp³-hybridized carbons (Fsp3) is 0.261. The van der Waals surface area contributed by atoms with E-state index in [0.717, 1.165) is 28.1 Å². The van der Waals surface area contributed by atoms with Gasteiger partial charge in [0.05, 0.1) is 5.69 Å². The zero-order valence-corrected chi connectivity index (χ0v) is 17.3. The van der Waals surface area contributed by atoms with Crippen LogP contribution in [0, 0.1) is 19.8 Å². The Hall–Kier alpha value is -2.99. The molecule has 0 fully saturated rings. The van der Waals surface area contributed by atoms with Crippen molar-refractivity contribution in [2.24, 2.45) is 5.92 Å². The Balaban J connectivity index is 1.36. The van der Waals surface area contributed by atoms with Crippen LogP contribution in [-0.4, -0.2) is 16.8 Å². The summed E-state index contributed by atoms with van der Waals surface area (Å²) in [5.41, 5.74) is 6.28. The van der Waals surface area contributed by atoms with Gasteiger partial charge in [-0.25, -0.2) is 4.98 Å². The molecular formula is C23H23N3O2S. The predicted octanol–water partition coefficient (Wildman–Crippen LogP) is 4.96. The van der Waals surface area contributed by atoms with Crippen molar-refractivity contribution in [1.82, 2.24) is 4.98 Å². The number of hydrogen-bond acceptors (Lipinski definition) is 4. The smallest absolute Gasteiger partial charge is 0.227 e. The number of carbonyl (C=O) groups excluding carboxylic acids is 2. The molecule has 0 radical (unpaired) electrons. The Kier molecular flexibility index (Phi) is 5.45. The van der Waals surface area contributed by atoms with Gasteiger partial charge in [-0.1, -0.05) is 35.9 Å². The van der Waals surface area contributed by atoms with Gasteiger partial charge in [0.2, 0.25) is 11.8 Å². The van der Waals surface area contributed by atoms with Gasteiger partial charge in [-0.3, -0.25) is 9.59 Å². The molecule has 2 aromatic carbocycles. The Morgan fingerprint density at radius 3 is 2.93 bits per heavy atom. The van der Waals surface area contributed by atoms with Crippen molar-refractivity contribution in [2.75, 3.05) is 10.6 Å². The van der Waals surface area contributed by atoms with Crippen LogP contribution in [0.15, 0.2) is 47.8 Å². The van der Waals surface area contributed by atoms with Gasteiger partial charge in [0.15, 0.2) is 5.13 Å². The third-order valence-corrected chi connectivity index (χ3v) is 6.01. The highest BCUT2D eigenvalue weighted by molar-refractivity contribution is 7.14. The highest BCUT2D eigenvalue weighted by Crippen LogP contribution is 2.29. The molecule has 1 aromatic heterocycles. The molecule has 5 nitrogen and oxygen atoms in total. The number of fused-ring (bicyclic) bond motifs is 1. The molecule has 1 unspecified atom stereocenters. The summed E-state index contributed by atoms with van der Waals surface area (Å²) in [6.45, 7) is 4.11. The summed E-state index contributed by atoms with van der Waals surface area (Å²) in [6, 6.07) is 14.1. The molecule has 6 heteroatoms. The number of aromatic nitrogens is 1. The lowest BCUT2D eigenvalue weighted by Crippen LogP contribution is -2.30. The second-order valence-corrected chi connectivity index (χ2v) is 8.35. The van der Waals surface area contributed by atoms with E-state index in [9.17, 15) is 9.59 Å². The number of anilines is 2. The molecule has 0 spiro atoms. The van der Waals surface area contributed by atoms with Crippen molar-refractivity contribution in [3.8, 4) is 11.3 Å². The molecule has 1 aliphatic heterocycles. The number of nitrogens with one attached hydrogen (secondary N) is 2. The molecule has 0 saturated carbocycles. The molecule has 29 heavy (non-hydrogen) atoms. The maximum atomic E-state index is 12.4. The Bertz CT molecular complexity index is 1070. The third kappa shape index (κ3) is 4.38. The first-order valence-corrected chi connectivity index (χ1v) is 10.6. The number of carbonyl (C=O) groups is 2. The summed E-state index contributed by atoms with van der Waals surface area (Å²) >= 11 is 1.42. The van der Waals surface area contributed by atoms with Crippen LogP contribution in [0.25, 0.3) is 11.3 Å². The van der Waals surface area contributed by atoms with E-state index in [1.54, 1.807) is 0 Å². The number of aryl methyl sites for hydroxylation is 2. The van der Waals surface area contributed by atoms with Gasteiger partial charge in [0.25, 0.3) is 0 Å². The average Bonchev–Trinajstić information content (AvgIpc) is 3.16. The first kappa shape index (κ1) is 19.3. The molecule has 148 valence electrons. The zero-order valence-electron chi connectivity index (χ0n) is 16.5. The zero-order chi connectivity index (χ0) is 20.4. The van der Waals surface area contributed by atoms with Gasteiger partial charge >= 0.3 is 0 Å². The number of benzene rings is 2. The Morgan fingerprint density at radius 2 is 2.07 bits per heavy atom. The minimum absolute atomic E-state index is 0.0112. The van der Waals surface area contributed by atoms with Crippen LogP contribution in [0.3, 0.4) is 0 Å². The normalized spacial score (nSPS) is 15.5. The molecular weight excluding hydrogens is 382 g/mol. The van der Waals surface area contributed by atoms with E-state index in [0.29, 0.717) is 24.4 Å². The lowest BCUT2D eigenvalue weighted by atomic mass is 9.89. The fourth-order valence-corrected chi connectivity index (χ4v) is 4.33. The van der Waals surface area contributed by atoms with E-state index in [2.05, 4.69) is 47.7 Å². The number of thiazole rings is 1. The number of amides is 2. The minimum atomic E-state index is -0.183. The second kappa shape index (κ2) is 8.17. The summed E-state index contributed by atoms with van der Waals surface area (Å²) in [5, 5.41) is 8.36. The molecule has 2 N–H and O–H groups in total. The van der Waals surface area contributed by atoms with Crippen LogP contribution in [0.4, 0.5) is 10.8 Å². The summed E-state index contributed by atoms with van der Waals surface area (Å²) in [6.07, 6.45) is 1.48. The molecule has 0 saturated heterocycles. The third-order valence-electron chi connectivity index (χ3n) is 5.25. The molecule has 0 bridgehead atoms. The monoisotopic (exact) mass is 405 g/mol. The number of rotatable bonds is 5. The van der Waals surface area contributed by atoms with Gasteiger partial charge < -0.3 is 10.6 Å². The van der Waals surface area contributed by atoms with Crippen LogP contribution in [0.2, 0.25) is 0 Å². The molecule has 0 aliphatic carbocycles. The van der Waals surface area contributed by atoms with Gasteiger partial charge in [-0.05, 0) is 49.9 Å². The van der Waals surface area contributed by atoms with Crippen molar-refractivity contribution < 1.29 is 9.59 Å². The summed E-state index contributed by atoms with van der Waals surface area (Å²) < 4.78 is 0. The van der Waals surface area contributed by atoms with Gasteiger partial charge in [-0.2, -0.15) is 0 Å². The van der Waals surface area contributed by atoms with E-state index in [1.165, 1.54) is 16.9 Å². The minimum Gasteiger partial charge on any atom is -0.326 e. The van der Waals surface area contributed by atoms with Gasteiger partial charge in [-0.15, -0.1) is 11.3 Å². The number of nitrogens with zero attached hydrogens (tertiary/aromatic N) is 1. The lowest BCUT2D eigenvalue weighted by Gasteiger charge is -2.24. The standard InChI is InChI=1S/C23H23N3O2S/c1-14-7-8-15(2)18(11-14)20-13-29-23(25-20)26-21(27)10-9-17-12-16-5-3-4-6-19(16)24-22(17)28/h3-8,11,13,17H,9-10,12H2,1-2H3,(H,24,28)(H,25,26,27). The van der Waals surface area contributed by atoms with Crippen LogP contribution in [0.1, 0.15) is 29.5 Å². The average molecular weight is 406 g/mol. The number of hydrogen-bond donors (Lipinski definition) is 2. The van der Waals surface area contributed by atoms with E-state index < -0.39 is 0 Å². The topological polar surface area (TPSA) is 71.1 Å². The Morgan fingerprint density at radius 1 is 1.24 bits per heavy atom. The van der Waals surface area contributed by atoms with Gasteiger partial charge in [0, 0.05) is 29.0 Å². The van der Waals surface area contributed by atoms with Crippen molar-refractivity contribution in [3.63, 3.8) is 0 Å². The van der Waals surface area contributed by atoms with E-state index in [-0.39, 0.29) is 17.7 Å². The first-order chi connectivity index (χ1) is 14.0. The van der Waals surface area contributed by atoms with Gasteiger partial charge in [0.1, 0.15) is 0 Å². The molecule has 2 amide bonds. The summed E-state index contributed by atoms with van der Waals surface area (Å²) in [7, 11) is 0. The molecule has 3 aromatic rings. The molecule has 4 rings (SSSR count). The van der Waals surface area contributed by atoms with Crippen LogP contribution in [0.5, 0.6) is 0 Å². The lowest BCUT2D eigenvalue weighted by molar-refractivity contribution is -0.121. The van der Waals surface area contributed by atoms with Crippen molar-refractivity contribution in [1.29, 1.82) is 0 Å². The quantitative estimate of drug-likeness (QED) is 0.630. The molecule has 2 heterocycles. The maximum absolute atomic E-state index is 12.4. The van der Waals surface area contributed by atoms with Crippen LogP contribution in [-0.2, 0) is 16.0 Å². The second-order valence-electron chi connectivity index (χ2n) is 7.49. The van der Waals surface area contributed by atoms with Crippen molar-refractivity contribution >= 4 is 34.0 Å². The van der Waals surface area contributed by atoms with E-state index in [1.807, 2.05) is 29.6 Å². The highest BCUT2D eigenvalue weighted by atomic mass is 32.1. The van der Waals surface area contributed by atoms with Crippen molar-refractivity contribution in [3.05, 3.63) is 64.5 Å². The van der Waals surface area contributed by atoms with Crippen molar-refractivity contribution in [2.45, 2.75) is 33.1 Å². The first-order valence-electron chi connectivity index (χ1n) is 9.71. The maximum Gasteiger partial charge on any atom is 0.227 e. The summed E-state index contributed by atoms with van der Waals surface area (Å²) in [5.74, 6) is -0.307. The largest absolute Gasteiger partial charge is 0.326 e.